The number of aliphatic hydroxyl groups is 1. The summed E-state index contributed by atoms with van der Waals surface area (Å²) in [5, 5.41) is 10.2. The summed E-state index contributed by atoms with van der Waals surface area (Å²) >= 11 is 0. The molecule has 4 nitrogen and oxygen atoms in total. The summed E-state index contributed by atoms with van der Waals surface area (Å²) in [5.41, 5.74) is 3.06. The van der Waals surface area contributed by atoms with Crippen molar-refractivity contribution in [2.75, 3.05) is 0 Å². The maximum Gasteiger partial charge on any atom is 0.333 e. The number of ether oxygens (including phenoxy) is 2. The van der Waals surface area contributed by atoms with Crippen molar-refractivity contribution >= 4 is 5.97 Å². The Hall–Kier alpha value is -1.39. The van der Waals surface area contributed by atoms with E-state index in [1.54, 1.807) is 13.0 Å². The highest BCUT2D eigenvalue weighted by Crippen LogP contribution is 2.39. The first-order chi connectivity index (χ1) is 11.3. The third-order valence-electron chi connectivity index (χ3n) is 5.18. The molecule has 2 aliphatic rings. The van der Waals surface area contributed by atoms with Gasteiger partial charge in [-0.15, -0.1) is 0 Å². The summed E-state index contributed by atoms with van der Waals surface area (Å²) in [7, 11) is 0. The summed E-state index contributed by atoms with van der Waals surface area (Å²) < 4.78 is 11.6. The summed E-state index contributed by atoms with van der Waals surface area (Å²) in [6.45, 7) is 9.72. The van der Waals surface area contributed by atoms with Crippen LogP contribution in [0.3, 0.4) is 0 Å². The zero-order valence-electron chi connectivity index (χ0n) is 15.4. The molecule has 24 heavy (non-hydrogen) atoms. The molecule has 2 rings (SSSR count). The van der Waals surface area contributed by atoms with Crippen LogP contribution in [-0.4, -0.2) is 29.6 Å². The predicted octanol–water partition coefficient (Wildman–Crippen LogP) is 3.91. The van der Waals surface area contributed by atoms with Gasteiger partial charge in [-0.2, -0.15) is 0 Å². The van der Waals surface area contributed by atoms with E-state index in [1.807, 2.05) is 13.8 Å². The van der Waals surface area contributed by atoms with Gasteiger partial charge >= 0.3 is 5.97 Å². The van der Waals surface area contributed by atoms with E-state index < -0.39 is 6.29 Å². The Kier molecular flexibility index (Phi) is 6.41. The Balaban J connectivity index is 2.34. The molecule has 0 aromatic carbocycles. The molecule has 1 aliphatic carbocycles. The maximum absolute atomic E-state index is 12.3. The van der Waals surface area contributed by atoms with Gasteiger partial charge in [0.25, 0.3) is 0 Å². The largest absolute Gasteiger partial charge is 0.458 e. The van der Waals surface area contributed by atoms with Gasteiger partial charge < -0.3 is 14.6 Å². The average Bonchev–Trinajstić information content (AvgIpc) is 2.79. The molecule has 5 atom stereocenters. The fraction of sp³-hybridized carbons (Fsp3) is 0.650. The van der Waals surface area contributed by atoms with E-state index in [2.05, 4.69) is 26.0 Å². The van der Waals surface area contributed by atoms with Gasteiger partial charge in [-0.3, -0.25) is 0 Å². The Morgan fingerprint density at radius 3 is 2.75 bits per heavy atom. The first kappa shape index (κ1) is 18.9. The molecule has 1 N–H and O–H groups in total. The van der Waals surface area contributed by atoms with Crippen LogP contribution in [0.4, 0.5) is 0 Å². The molecular weight excluding hydrogens is 304 g/mol. The van der Waals surface area contributed by atoms with Gasteiger partial charge in [-0.1, -0.05) is 36.3 Å². The summed E-state index contributed by atoms with van der Waals surface area (Å²) in [6.07, 6.45) is 7.36. The normalized spacial score (nSPS) is 34.9. The van der Waals surface area contributed by atoms with Crippen LogP contribution in [0, 0.1) is 11.8 Å². The summed E-state index contributed by atoms with van der Waals surface area (Å²) in [6, 6.07) is 0. The molecule has 4 heteroatoms. The third kappa shape index (κ3) is 4.37. The van der Waals surface area contributed by atoms with Gasteiger partial charge in [0.15, 0.2) is 6.29 Å². The minimum Gasteiger partial charge on any atom is -0.458 e. The van der Waals surface area contributed by atoms with Crippen LogP contribution in [0.15, 0.2) is 34.9 Å². The fourth-order valence-electron chi connectivity index (χ4n) is 3.48. The van der Waals surface area contributed by atoms with E-state index in [4.69, 9.17) is 9.47 Å². The van der Waals surface area contributed by atoms with Crippen molar-refractivity contribution in [1.29, 1.82) is 0 Å². The van der Waals surface area contributed by atoms with Crippen LogP contribution in [0.25, 0.3) is 0 Å². The van der Waals surface area contributed by atoms with Gasteiger partial charge in [-0.05, 0) is 40.5 Å². The van der Waals surface area contributed by atoms with Crippen molar-refractivity contribution < 1.29 is 19.4 Å². The van der Waals surface area contributed by atoms with Crippen molar-refractivity contribution in [3.05, 3.63) is 34.9 Å². The number of carbonyl (C=O) groups is 1. The van der Waals surface area contributed by atoms with E-state index in [-0.39, 0.29) is 30.0 Å². The highest BCUT2D eigenvalue weighted by atomic mass is 16.6. The molecule has 0 spiro atoms. The number of allylic oxidation sites excluding steroid dienone is 3. The Morgan fingerprint density at radius 2 is 2.08 bits per heavy atom. The average molecular weight is 334 g/mol. The molecular formula is C20H30O4. The summed E-state index contributed by atoms with van der Waals surface area (Å²) in [4.78, 5) is 12.3. The number of hydrogen-bond acceptors (Lipinski definition) is 4. The van der Waals surface area contributed by atoms with Crippen LogP contribution >= 0.6 is 0 Å². The number of carbonyl (C=O) groups excluding carboxylic acids is 1. The minimum absolute atomic E-state index is 0.0509. The van der Waals surface area contributed by atoms with Crippen LogP contribution in [0.2, 0.25) is 0 Å². The van der Waals surface area contributed by atoms with Crippen LogP contribution < -0.4 is 0 Å². The van der Waals surface area contributed by atoms with Crippen LogP contribution in [0.5, 0.6) is 0 Å². The molecule has 0 amide bonds. The van der Waals surface area contributed by atoms with Crippen molar-refractivity contribution in [2.45, 2.75) is 72.4 Å². The Bertz CT molecular complexity index is 558. The van der Waals surface area contributed by atoms with E-state index in [0.717, 1.165) is 12.8 Å². The van der Waals surface area contributed by atoms with E-state index >= 15 is 0 Å². The standard InChI is InChI=1S/C20H30O4/c1-6-14(4)19(21)23-16-10-12(2)8-7-9-13(3)11-17-18(16)15(5)20(22)24-17/h6,8,11,15-18,20,22H,7,9-10H2,1-5H3. The highest BCUT2D eigenvalue weighted by molar-refractivity contribution is 5.87. The van der Waals surface area contributed by atoms with Gasteiger partial charge in [0.05, 0.1) is 6.10 Å². The monoisotopic (exact) mass is 334 g/mol. The van der Waals surface area contributed by atoms with Gasteiger partial charge in [0.1, 0.15) is 6.10 Å². The van der Waals surface area contributed by atoms with Crippen molar-refractivity contribution in [1.82, 2.24) is 0 Å². The highest BCUT2D eigenvalue weighted by Gasteiger charge is 2.46. The first-order valence-electron chi connectivity index (χ1n) is 8.83. The van der Waals surface area contributed by atoms with Crippen LogP contribution in [-0.2, 0) is 14.3 Å². The Morgan fingerprint density at radius 1 is 1.38 bits per heavy atom. The van der Waals surface area contributed by atoms with E-state index in [0.29, 0.717) is 12.0 Å². The molecule has 134 valence electrons. The molecule has 1 saturated heterocycles. The predicted molar refractivity (Wildman–Crippen MR) is 94.2 cm³/mol. The molecule has 0 saturated carbocycles. The lowest BCUT2D eigenvalue weighted by Gasteiger charge is -2.30. The molecule has 0 aromatic rings. The van der Waals surface area contributed by atoms with Crippen molar-refractivity contribution in [3.63, 3.8) is 0 Å². The van der Waals surface area contributed by atoms with E-state index in [1.165, 1.54) is 11.1 Å². The van der Waals surface area contributed by atoms with Crippen molar-refractivity contribution in [2.24, 2.45) is 11.8 Å². The van der Waals surface area contributed by atoms with Gasteiger partial charge in [0.2, 0.25) is 0 Å². The SMILES string of the molecule is CC=C(C)C(=O)OC1CC(C)=CCCC(C)=CC2OC(O)C(C)C21. The zero-order chi connectivity index (χ0) is 17.9. The number of esters is 1. The minimum atomic E-state index is -0.821. The lowest BCUT2D eigenvalue weighted by atomic mass is 9.82. The van der Waals surface area contributed by atoms with E-state index in [9.17, 15) is 9.90 Å². The lowest BCUT2D eigenvalue weighted by molar-refractivity contribution is -0.148. The van der Waals surface area contributed by atoms with Gasteiger partial charge in [0, 0.05) is 23.8 Å². The summed E-state index contributed by atoms with van der Waals surface area (Å²) in [5.74, 6) is -0.430. The number of fused-ring (bicyclic) bond motifs is 1. The Labute approximate surface area is 145 Å². The number of hydrogen-bond donors (Lipinski definition) is 1. The molecule has 1 fully saturated rings. The third-order valence-corrected chi connectivity index (χ3v) is 5.18. The topological polar surface area (TPSA) is 55.8 Å². The lowest BCUT2D eigenvalue weighted by Crippen LogP contribution is -2.36. The molecule has 0 bridgehead atoms. The molecule has 0 radical (unpaired) electrons. The molecule has 0 aromatic heterocycles. The number of rotatable bonds is 2. The second-order valence-electron chi connectivity index (χ2n) is 7.15. The second-order valence-corrected chi connectivity index (χ2v) is 7.15. The molecule has 1 aliphatic heterocycles. The smallest absolute Gasteiger partial charge is 0.333 e. The number of aliphatic hydroxyl groups excluding tert-OH is 1. The van der Waals surface area contributed by atoms with Crippen LogP contribution in [0.1, 0.15) is 53.9 Å². The second kappa shape index (κ2) is 8.13. The van der Waals surface area contributed by atoms with Gasteiger partial charge in [-0.25, -0.2) is 4.79 Å². The maximum atomic E-state index is 12.3. The first-order valence-corrected chi connectivity index (χ1v) is 8.83. The fourth-order valence-corrected chi connectivity index (χ4v) is 3.48. The zero-order valence-corrected chi connectivity index (χ0v) is 15.4. The molecule has 5 unspecified atom stereocenters. The molecule has 1 heterocycles. The quantitative estimate of drug-likeness (QED) is 0.472. The van der Waals surface area contributed by atoms with Crippen molar-refractivity contribution in [3.8, 4) is 0 Å².